The number of nitrogens with two attached hydrogens (primary N) is 1. The first kappa shape index (κ1) is 18.9. The van der Waals surface area contributed by atoms with Crippen molar-refractivity contribution in [1.82, 2.24) is 4.90 Å². The number of benzene rings is 1. The van der Waals surface area contributed by atoms with Crippen molar-refractivity contribution < 1.29 is 18.7 Å². The van der Waals surface area contributed by atoms with E-state index in [2.05, 4.69) is 0 Å². The molecule has 2 aromatic rings. The Morgan fingerprint density at radius 2 is 2.15 bits per heavy atom. The summed E-state index contributed by atoms with van der Waals surface area (Å²) in [6, 6.07) is 6.75. The molecule has 7 heteroatoms. The summed E-state index contributed by atoms with van der Waals surface area (Å²) < 4.78 is 10.9. The summed E-state index contributed by atoms with van der Waals surface area (Å²) in [6.07, 6.45) is 3.18. The van der Waals surface area contributed by atoms with E-state index >= 15 is 0 Å². The van der Waals surface area contributed by atoms with Crippen LogP contribution >= 0.6 is 0 Å². The third-order valence-corrected chi connectivity index (χ3v) is 4.86. The summed E-state index contributed by atoms with van der Waals surface area (Å²) in [5.41, 5.74) is 6.34. The van der Waals surface area contributed by atoms with Crippen LogP contribution in [-0.2, 0) is 16.0 Å². The fraction of sp³-hybridized carbons (Fsp3) is 0.450. The summed E-state index contributed by atoms with van der Waals surface area (Å²) in [4.78, 5) is 37.1. The van der Waals surface area contributed by atoms with Gasteiger partial charge >= 0.3 is 5.63 Å². The zero-order valence-corrected chi connectivity index (χ0v) is 15.4. The van der Waals surface area contributed by atoms with Crippen LogP contribution in [0.25, 0.3) is 11.0 Å². The Hall–Kier alpha value is -2.83. The molecule has 1 aliphatic rings. The highest BCUT2D eigenvalue weighted by atomic mass is 16.5. The van der Waals surface area contributed by atoms with Crippen molar-refractivity contribution in [3.8, 4) is 5.75 Å². The number of carbonyl (C=O) groups is 2. The van der Waals surface area contributed by atoms with Crippen LogP contribution in [0.3, 0.4) is 0 Å². The average Bonchev–Trinajstić information content (AvgIpc) is 2.66. The third-order valence-electron chi connectivity index (χ3n) is 4.86. The van der Waals surface area contributed by atoms with E-state index in [4.69, 9.17) is 14.9 Å². The van der Waals surface area contributed by atoms with Crippen molar-refractivity contribution >= 4 is 22.8 Å². The lowest BCUT2D eigenvalue weighted by molar-refractivity contribution is -0.136. The van der Waals surface area contributed by atoms with Gasteiger partial charge in [0, 0.05) is 30.6 Å². The van der Waals surface area contributed by atoms with Crippen molar-refractivity contribution in [2.45, 2.75) is 32.6 Å². The quantitative estimate of drug-likeness (QED) is 0.780. The second-order valence-electron chi connectivity index (χ2n) is 6.87. The van der Waals surface area contributed by atoms with Gasteiger partial charge in [0.05, 0.1) is 5.92 Å². The maximum atomic E-state index is 12.4. The Labute approximate surface area is 157 Å². The van der Waals surface area contributed by atoms with Crippen molar-refractivity contribution in [3.05, 3.63) is 40.2 Å². The number of nitrogens with zero attached hydrogens (tertiary/aromatic N) is 1. The lowest BCUT2D eigenvalue weighted by Crippen LogP contribution is -2.45. The van der Waals surface area contributed by atoms with Gasteiger partial charge in [-0.1, -0.05) is 13.3 Å². The number of fused-ring (bicyclic) bond motifs is 1. The number of carbonyl (C=O) groups excluding carboxylic acids is 2. The molecule has 1 unspecified atom stereocenters. The number of hydrogen-bond acceptors (Lipinski definition) is 5. The van der Waals surface area contributed by atoms with Crippen LogP contribution in [0.1, 0.15) is 31.7 Å². The zero-order chi connectivity index (χ0) is 19.4. The number of amides is 2. The largest absolute Gasteiger partial charge is 0.484 e. The van der Waals surface area contributed by atoms with Crippen LogP contribution < -0.4 is 16.1 Å². The lowest BCUT2D eigenvalue weighted by atomic mass is 9.97. The number of rotatable bonds is 6. The molecule has 2 amide bonds. The van der Waals surface area contributed by atoms with Crippen LogP contribution in [0, 0.1) is 5.92 Å². The van der Waals surface area contributed by atoms with Crippen molar-refractivity contribution in [3.63, 3.8) is 0 Å². The van der Waals surface area contributed by atoms with Crippen LogP contribution in [0.15, 0.2) is 33.5 Å². The Morgan fingerprint density at radius 3 is 2.89 bits per heavy atom. The van der Waals surface area contributed by atoms with Gasteiger partial charge in [0.2, 0.25) is 5.91 Å². The number of aryl methyl sites for hydroxylation is 1. The minimum Gasteiger partial charge on any atom is -0.484 e. The number of ether oxygens (including phenoxy) is 1. The molecule has 1 aromatic carbocycles. The Bertz CT molecular complexity index is 905. The number of hydrogen-bond donors (Lipinski definition) is 1. The molecule has 2 N–H and O–H groups in total. The highest BCUT2D eigenvalue weighted by Crippen LogP contribution is 2.24. The summed E-state index contributed by atoms with van der Waals surface area (Å²) >= 11 is 0. The van der Waals surface area contributed by atoms with E-state index in [0.717, 1.165) is 30.2 Å². The predicted molar refractivity (Wildman–Crippen MR) is 100 cm³/mol. The minimum atomic E-state index is -0.398. The smallest absolute Gasteiger partial charge is 0.336 e. The van der Waals surface area contributed by atoms with Crippen molar-refractivity contribution in [2.24, 2.45) is 11.7 Å². The second-order valence-corrected chi connectivity index (χ2v) is 6.87. The molecule has 0 bridgehead atoms. The molecule has 1 atom stereocenters. The van der Waals surface area contributed by atoms with E-state index in [1.165, 1.54) is 6.07 Å². The molecule has 0 aliphatic carbocycles. The first-order chi connectivity index (χ1) is 13.0. The number of likely N-dealkylation sites (tertiary alicyclic amines) is 1. The van der Waals surface area contributed by atoms with Gasteiger partial charge in [-0.3, -0.25) is 9.59 Å². The second kappa shape index (κ2) is 8.24. The van der Waals surface area contributed by atoms with E-state index in [9.17, 15) is 14.4 Å². The molecular formula is C20H24N2O5. The topological polar surface area (TPSA) is 103 Å². The van der Waals surface area contributed by atoms with Crippen LogP contribution in [0.2, 0.25) is 0 Å². The van der Waals surface area contributed by atoms with Crippen LogP contribution in [0.5, 0.6) is 5.75 Å². The van der Waals surface area contributed by atoms with Gasteiger partial charge in [-0.05, 0) is 37.0 Å². The molecule has 1 saturated heterocycles. The summed E-state index contributed by atoms with van der Waals surface area (Å²) in [7, 11) is 0. The van der Waals surface area contributed by atoms with Gasteiger partial charge in [0.25, 0.3) is 5.91 Å². The maximum Gasteiger partial charge on any atom is 0.336 e. The monoisotopic (exact) mass is 372 g/mol. The third kappa shape index (κ3) is 4.48. The number of piperidine rings is 1. The number of primary amides is 1. The Kier molecular flexibility index (Phi) is 5.78. The van der Waals surface area contributed by atoms with Gasteiger partial charge in [-0.15, -0.1) is 0 Å². The molecule has 0 spiro atoms. The fourth-order valence-corrected chi connectivity index (χ4v) is 3.45. The average molecular weight is 372 g/mol. The van der Waals surface area contributed by atoms with Crippen LogP contribution in [0.4, 0.5) is 0 Å². The lowest BCUT2D eigenvalue weighted by Gasteiger charge is -2.31. The summed E-state index contributed by atoms with van der Waals surface area (Å²) in [5.74, 6) is -0.408. The predicted octanol–water partition coefficient (Wildman–Crippen LogP) is 1.85. The summed E-state index contributed by atoms with van der Waals surface area (Å²) in [5, 5.41) is 0.871. The molecule has 1 fully saturated rings. The highest BCUT2D eigenvalue weighted by Gasteiger charge is 2.27. The molecule has 144 valence electrons. The van der Waals surface area contributed by atoms with Crippen molar-refractivity contribution in [2.75, 3.05) is 19.7 Å². The molecular weight excluding hydrogens is 348 g/mol. The van der Waals surface area contributed by atoms with E-state index in [1.54, 1.807) is 17.0 Å². The van der Waals surface area contributed by atoms with Gasteiger partial charge in [0.15, 0.2) is 6.61 Å². The molecule has 27 heavy (non-hydrogen) atoms. The molecule has 1 aromatic heterocycles. The molecule has 1 aliphatic heterocycles. The maximum absolute atomic E-state index is 12.4. The molecule has 0 saturated carbocycles. The summed E-state index contributed by atoms with van der Waals surface area (Å²) in [6.45, 7) is 2.84. The van der Waals surface area contributed by atoms with E-state index in [1.807, 2.05) is 13.0 Å². The SMILES string of the molecule is CCCc1cc(=O)oc2cc(OCC(=O)N3CCCC(C(N)=O)C3)ccc12. The van der Waals surface area contributed by atoms with E-state index in [-0.39, 0.29) is 24.3 Å². The Morgan fingerprint density at radius 1 is 1.33 bits per heavy atom. The first-order valence-electron chi connectivity index (χ1n) is 9.24. The molecule has 7 nitrogen and oxygen atoms in total. The van der Waals surface area contributed by atoms with Gasteiger partial charge in [-0.2, -0.15) is 0 Å². The molecule has 3 rings (SSSR count). The first-order valence-corrected chi connectivity index (χ1v) is 9.24. The standard InChI is InChI=1S/C20H24N2O5/c1-2-4-13-9-19(24)27-17-10-15(6-7-16(13)17)26-12-18(23)22-8-3-5-14(11-22)20(21)25/h6-7,9-10,14H,2-5,8,11-12H2,1H3,(H2,21,25). The zero-order valence-electron chi connectivity index (χ0n) is 15.4. The van der Waals surface area contributed by atoms with E-state index < -0.39 is 5.63 Å². The van der Waals surface area contributed by atoms with Crippen molar-refractivity contribution in [1.29, 1.82) is 0 Å². The van der Waals surface area contributed by atoms with Crippen LogP contribution in [-0.4, -0.2) is 36.4 Å². The molecule has 2 heterocycles. The van der Waals surface area contributed by atoms with Gasteiger partial charge < -0.3 is 19.8 Å². The normalized spacial score (nSPS) is 17.1. The fourth-order valence-electron chi connectivity index (χ4n) is 3.45. The van der Waals surface area contributed by atoms with Gasteiger partial charge in [-0.25, -0.2) is 4.79 Å². The van der Waals surface area contributed by atoms with E-state index in [0.29, 0.717) is 30.8 Å². The highest BCUT2D eigenvalue weighted by molar-refractivity contribution is 5.82. The van der Waals surface area contributed by atoms with Gasteiger partial charge in [0.1, 0.15) is 11.3 Å². The molecule has 0 radical (unpaired) electrons. The minimum absolute atomic E-state index is 0.143. The Balaban J connectivity index is 1.69.